The second-order valence-corrected chi connectivity index (χ2v) is 3.72. The molecule has 1 atom stereocenters. The fourth-order valence-corrected chi connectivity index (χ4v) is 0.833. The van der Waals surface area contributed by atoms with Crippen molar-refractivity contribution < 1.29 is 9.90 Å². The highest BCUT2D eigenvalue weighted by atomic mass is 16.4. The van der Waals surface area contributed by atoms with Crippen LogP contribution in [0, 0.1) is 5.41 Å². The predicted octanol–water partition coefficient (Wildman–Crippen LogP) is 1.55. The van der Waals surface area contributed by atoms with E-state index in [9.17, 15) is 4.79 Å². The van der Waals surface area contributed by atoms with Gasteiger partial charge < -0.3 is 16.2 Å². The molecule has 0 unspecified atom stereocenters. The predicted molar refractivity (Wildman–Crippen MR) is 56.6 cm³/mol. The molecule has 0 aliphatic carbocycles. The molecule has 0 fully saturated rings. The molecule has 0 spiro atoms. The minimum atomic E-state index is -1.18. The lowest BCUT2D eigenvalue weighted by Crippen LogP contribution is -2.44. The molecule has 80 valence electrons. The Balaban J connectivity index is 3.82. The SMILES string of the molecule is CC(=N)CC/C=C/C[C@](C)(N)C(=O)O. The standard InChI is InChI=1S/C10H18N2O2/c1-8(11)6-4-3-5-7-10(2,12)9(13)14/h3,5,11H,4,6-7,12H2,1-2H3,(H,13,14)/b5-3+,11-8?/t10-/m0/s1. The summed E-state index contributed by atoms with van der Waals surface area (Å²) in [6.07, 6.45) is 5.43. The van der Waals surface area contributed by atoms with Crippen LogP contribution in [-0.2, 0) is 4.79 Å². The third-order valence-electron chi connectivity index (χ3n) is 1.88. The molecule has 0 rings (SSSR count). The van der Waals surface area contributed by atoms with Gasteiger partial charge in [0.1, 0.15) is 5.54 Å². The Labute approximate surface area is 84.3 Å². The second kappa shape index (κ2) is 5.54. The molecule has 4 N–H and O–H groups in total. The van der Waals surface area contributed by atoms with Gasteiger partial charge in [0.25, 0.3) is 0 Å². The molecule has 4 nitrogen and oxygen atoms in total. The van der Waals surface area contributed by atoms with Crippen molar-refractivity contribution in [3.63, 3.8) is 0 Å². The van der Waals surface area contributed by atoms with Crippen LogP contribution in [0.5, 0.6) is 0 Å². The van der Waals surface area contributed by atoms with Gasteiger partial charge in [-0.3, -0.25) is 4.79 Å². The van der Waals surface area contributed by atoms with Gasteiger partial charge in [0, 0.05) is 5.71 Å². The number of nitrogens with two attached hydrogens (primary N) is 1. The Kier molecular flexibility index (Phi) is 5.09. The Bertz CT molecular complexity index is 245. The first kappa shape index (κ1) is 12.8. The number of hydrogen-bond donors (Lipinski definition) is 3. The third kappa shape index (κ3) is 5.48. The summed E-state index contributed by atoms with van der Waals surface area (Å²) in [6.45, 7) is 3.24. The summed E-state index contributed by atoms with van der Waals surface area (Å²) in [6, 6.07) is 0. The zero-order valence-electron chi connectivity index (χ0n) is 8.71. The molecule has 0 saturated heterocycles. The van der Waals surface area contributed by atoms with Gasteiger partial charge in [-0.25, -0.2) is 0 Å². The lowest BCUT2D eigenvalue weighted by atomic mass is 9.99. The molecule has 0 aromatic heterocycles. The van der Waals surface area contributed by atoms with E-state index < -0.39 is 11.5 Å². The highest BCUT2D eigenvalue weighted by Crippen LogP contribution is 2.07. The van der Waals surface area contributed by atoms with E-state index in [4.69, 9.17) is 16.2 Å². The van der Waals surface area contributed by atoms with Crippen molar-refractivity contribution in [3.8, 4) is 0 Å². The Morgan fingerprint density at radius 1 is 1.57 bits per heavy atom. The number of carbonyl (C=O) groups is 1. The number of allylic oxidation sites excluding steroid dienone is 1. The van der Waals surface area contributed by atoms with Gasteiger partial charge >= 0.3 is 5.97 Å². The highest BCUT2D eigenvalue weighted by molar-refractivity contribution is 5.78. The number of nitrogens with one attached hydrogen (secondary N) is 1. The van der Waals surface area contributed by atoms with Crippen LogP contribution in [0.4, 0.5) is 0 Å². The summed E-state index contributed by atoms with van der Waals surface area (Å²) in [5.74, 6) is -0.995. The summed E-state index contributed by atoms with van der Waals surface area (Å²) in [5.41, 5.74) is 4.95. The van der Waals surface area contributed by atoms with Gasteiger partial charge in [0.15, 0.2) is 0 Å². The van der Waals surface area contributed by atoms with Crippen molar-refractivity contribution in [1.82, 2.24) is 0 Å². The maximum Gasteiger partial charge on any atom is 0.323 e. The fourth-order valence-electron chi connectivity index (χ4n) is 0.833. The molecule has 0 radical (unpaired) electrons. The van der Waals surface area contributed by atoms with Crippen molar-refractivity contribution in [3.05, 3.63) is 12.2 Å². The second-order valence-electron chi connectivity index (χ2n) is 3.72. The van der Waals surface area contributed by atoms with E-state index >= 15 is 0 Å². The van der Waals surface area contributed by atoms with Gasteiger partial charge in [-0.1, -0.05) is 12.2 Å². The molecule has 4 heteroatoms. The monoisotopic (exact) mass is 198 g/mol. The molecule has 0 aromatic rings. The van der Waals surface area contributed by atoms with Crippen LogP contribution in [0.15, 0.2) is 12.2 Å². The number of carboxylic acid groups (broad SMARTS) is 1. The van der Waals surface area contributed by atoms with Crippen LogP contribution in [0.2, 0.25) is 0 Å². The Hall–Kier alpha value is -1.16. The van der Waals surface area contributed by atoms with Gasteiger partial charge in [0.2, 0.25) is 0 Å². The lowest BCUT2D eigenvalue weighted by Gasteiger charge is -2.16. The first-order valence-corrected chi connectivity index (χ1v) is 4.57. The number of rotatable bonds is 6. The number of aliphatic carboxylic acids is 1. The van der Waals surface area contributed by atoms with Gasteiger partial charge in [0.05, 0.1) is 0 Å². The lowest BCUT2D eigenvalue weighted by molar-refractivity contribution is -0.142. The van der Waals surface area contributed by atoms with Gasteiger partial charge in [-0.15, -0.1) is 0 Å². The number of carboxylic acids is 1. The molecular weight excluding hydrogens is 180 g/mol. The summed E-state index contributed by atoms with van der Waals surface area (Å²) in [5, 5.41) is 15.9. The maximum atomic E-state index is 10.6. The van der Waals surface area contributed by atoms with E-state index in [1.165, 1.54) is 6.92 Å². The highest BCUT2D eigenvalue weighted by Gasteiger charge is 2.25. The van der Waals surface area contributed by atoms with E-state index in [1.807, 2.05) is 6.08 Å². The normalized spacial score (nSPS) is 15.4. The van der Waals surface area contributed by atoms with E-state index in [2.05, 4.69) is 0 Å². The van der Waals surface area contributed by atoms with Crippen LogP contribution in [0.3, 0.4) is 0 Å². The zero-order chi connectivity index (χ0) is 11.2. The smallest absolute Gasteiger partial charge is 0.323 e. The van der Waals surface area contributed by atoms with Crippen LogP contribution in [-0.4, -0.2) is 22.3 Å². The molecule has 0 aliphatic heterocycles. The average molecular weight is 198 g/mol. The molecule has 14 heavy (non-hydrogen) atoms. The van der Waals surface area contributed by atoms with Crippen molar-refractivity contribution in [2.75, 3.05) is 0 Å². The molecular formula is C10H18N2O2. The minimum Gasteiger partial charge on any atom is -0.480 e. The molecule has 0 aliphatic rings. The summed E-state index contributed by atoms with van der Waals surface area (Å²) < 4.78 is 0. The average Bonchev–Trinajstić information content (AvgIpc) is 2.02. The third-order valence-corrected chi connectivity index (χ3v) is 1.88. The zero-order valence-corrected chi connectivity index (χ0v) is 8.71. The summed E-state index contributed by atoms with van der Waals surface area (Å²) in [4.78, 5) is 10.6. The van der Waals surface area contributed by atoms with Crippen molar-refractivity contribution in [1.29, 1.82) is 5.41 Å². The fraction of sp³-hybridized carbons (Fsp3) is 0.600. The molecule has 0 saturated carbocycles. The largest absolute Gasteiger partial charge is 0.480 e. The minimum absolute atomic E-state index is 0.319. The molecule has 0 amide bonds. The van der Waals surface area contributed by atoms with Gasteiger partial charge in [-0.05, 0) is 33.1 Å². The van der Waals surface area contributed by atoms with E-state index in [-0.39, 0.29) is 0 Å². The van der Waals surface area contributed by atoms with E-state index in [0.717, 1.165) is 6.42 Å². The summed E-state index contributed by atoms with van der Waals surface area (Å²) in [7, 11) is 0. The van der Waals surface area contributed by atoms with Crippen molar-refractivity contribution >= 4 is 11.7 Å². The van der Waals surface area contributed by atoms with Crippen LogP contribution in [0.1, 0.15) is 33.1 Å². The molecule has 0 heterocycles. The Morgan fingerprint density at radius 2 is 2.14 bits per heavy atom. The summed E-state index contributed by atoms with van der Waals surface area (Å²) >= 11 is 0. The van der Waals surface area contributed by atoms with Crippen molar-refractivity contribution in [2.45, 2.75) is 38.6 Å². The van der Waals surface area contributed by atoms with Crippen LogP contribution >= 0.6 is 0 Å². The van der Waals surface area contributed by atoms with E-state index in [1.54, 1.807) is 13.0 Å². The quantitative estimate of drug-likeness (QED) is 0.447. The molecule has 0 aromatic carbocycles. The van der Waals surface area contributed by atoms with E-state index in [0.29, 0.717) is 18.6 Å². The first-order valence-electron chi connectivity index (χ1n) is 4.57. The molecule has 0 bridgehead atoms. The first-order chi connectivity index (χ1) is 6.36. The number of hydrogen-bond acceptors (Lipinski definition) is 3. The maximum absolute atomic E-state index is 10.6. The topological polar surface area (TPSA) is 87.2 Å². The van der Waals surface area contributed by atoms with Crippen LogP contribution in [0.25, 0.3) is 0 Å². The van der Waals surface area contributed by atoms with Crippen LogP contribution < -0.4 is 5.73 Å². The van der Waals surface area contributed by atoms with Gasteiger partial charge in [-0.2, -0.15) is 0 Å². The Morgan fingerprint density at radius 3 is 2.57 bits per heavy atom. The van der Waals surface area contributed by atoms with Crippen molar-refractivity contribution in [2.24, 2.45) is 5.73 Å².